The number of carbonyl (C=O) groups is 3. The Labute approximate surface area is 218 Å². The normalized spacial score (nSPS) is 18.0. The number of hydrogen-bond acceptors (Lipinski definition) is 8. The van der Waals surface area contributed by atoms with Gasteiger partial charge in [-0.15, -0.1) is 11.8 Å². The molecule has 1 aliphatic heterocycles. The van der Waals surface area contributed by atoms with Crippen LogP contribution in [0.5, 0.6) is 0 Å². The number of ether oxygens (including phenoxy) is 1. The maximum absolute atomic E-state index is 12.9. The Morgan fingerprint density at radius 1 is 1.36 bits per heavy atom. The Bertz CT molecular complexity index is 951. The third-order valence-corrected chi connectivity index (χ3v) is 7.22. The van der Waals surface area contributed by atoms with Gasteiger partial charge in [-0.2, -0.15) is 5.26 Å². The highest BCUT2D eigenvalue weighted by Gasteiger charge is 2.41. The number of anilines is 2. The second-order valence-electron chi connectivity index (χ2n) is 8.62. The van der Waals surface area contributed by atoms with Crippen molar-refractivity contribution in [1.29, 1.82) is 5.26 Å². The maximum atomic E-state index is 12.9. The summed E-state index contributed by atoms with van der Waals surface area (Å²) in [5.74, 6) is -1.56. The van der Waals surface area contributed by atoms with Gasteiger partial charge in [-0.25, -0.2) is 0 Å². The Morgan fingerprint density at radius 3 is 2.78 bits per heavy atom. The lowest BCUT2D eigenvalue weighted by Gasteiger charge is -2.23. The van der Waals surface area contributed by atoms with Crippen LogP contribution in [-0.2, 0) is 19.1 Å². The van der Waals surface area contributed by atoms with Crippen LogP contribution in [0.2, 0.25) is 0 Å². The topological polar surface area (TPSA) is 115 Å². The second kappa shape index (κ2) is 15.2. The van der Waals surface area contributed by atoms with Gasteiger partial charge in [0.25, 0.3) is 0 Å². The minimum absolute atomic E-state index is 0.0164. The van der Waals surface area contributed by atoms with Gasteiger partial charge in [0.15, 0.2) is 0 Å². The number of nitrogens with one attached hydrogen (secondary N) is 2. The van der Waals surface area contributed by atoms with E-state index in [2.05, 4.69) is 24.1 Å². The van der Waals surface area contributed by atoms with Gasteiger partial charge in [-0.3, -0.25) is 19.3 Å². The molecule has 1 saturated heterocycles. The summed E-state index contributed by atoms with van der Waals surface area (Å²) in [7, 11) is 1.92. The third kappa shape index (κ3) is 8.88. The highest BCUT2D eigenvalue weighted by Crippen LogP contribution is 2.37. The van der Waals surface area contributed by atoms with Gasteiger partial charge >= 0.3 is 5.97 Å². The summed E-state index contributed by atoms with van der Waals surface area (Å²) in [6.07, 6.45) is 3.27. The monoisotopic (exact) mass is 515 g/mol. The van der Waals surface area contributed by atoms with Crippen molar-refractivity contribution in [3.05, 3.63) is 36.9 Å². The molecule has 3 unspecified atom stereocenters. The minimum atomic E-state index is -0.930. The number of benzene rings is 1. The minimum Gasteiger partial charge on any atom is -0.460 e. The fraction of sp³-hybridized carbons (Fsp3) is 0.538. The smallest absolute Gasteiger partial charge is 0.323 e. The third-order valence-electron chi connectivity index (χ3n) is 5.69. The van der Waals surface area contributed by atoms with Crippen LogP contribution < -0.4 is 10.6 Å². The summed E-state index contributed by atoms with van der Waals surface area (Å²) in [5.41, 5.74) is 1.56. The van der Waals surface area contributed by atoms with E-state index in [1.54, 1.807) is 4.90 Å². The number of esters is 1. The van der Waals surface area contributed by atoms with Crippen molar-refractivity contribution in [2.75, 3.05) is 50.5 Å². The van der Waals surface area contributed by atoms with E-state index in [1.807, 2.05) is 49.2 Å². The van der Waals surface area contributed by atoms with Crippen LogP contribution in [0.4, 0.5) is 11.4 Å². The van der Waals surface area contributed by atoms with E-state index in [0.29, 0.717) is 31.7 Å². The summed E-state index contributed by atoms with van der Waals surface area (Å²) >= 11 is 1.49. The fourth-order valence-corrected chi connectivity index (χ4v) is 5.58. The average Bonchev–Trinajstić information content (AvgIpc) is 3.15. The predicted octanol–water partition coefficient (Wildman–Crippen LogP) is 3.32. The zero-order chi connectivity index (χ0) is 26.5. The lowest BCUT2D eigenvalue weighted by atomic mass is 10.1. The molecule has 2 N–H and O–H groups in total. The zero-order valence-corrected chi connectivity index (χ0v) is 22.2. The standard InChI is InChI=1S/C26H37N5O4S/c1-5-13-30(4)18-23(32)29-21-10-8-9-20(16-21)28-12-11-22-25(33)31(7-3)24(36-22)15-19(17-27)26(34)35-14-6-2/h6,8-10,16,19,22,24,28H,2,5,7,11-15,18H2,1,3-4H3,(H,29,32). The Balaban J connectivity index is 1.88. The van der Waals surface area contributed by atoms with Gasteiger partial charge in [0, 0.05) is 30.9 Å². The van der Waals surface area contributed by atoms with E-state index >= 15 is 0 Å². The van der Waals surface area contributed by atoms with E-state index in [1.165, 1.54) is 17.8 Å². The zero-order valence-electron chi connectivity index (χ0n) is 21.4. The SMILES string of the molecule is C=CCOC(=O)C(C#N)CC1SC(CCNc2cccc(NC(=O)CN(C)CCC)c2)C(=O)N1CC. The highest BCUT2D eigenvalue weighted by atomic mass is 32.2. The first kappa shape index (κ1) is 29.2. The molecule has 9 nitrogen and oxygen atoms in total. The summed E-state index contributed by atoms with van der Waals surface area (Å²) in [5, 5.41) is 15.2. The molecule has 1 fully saturated rings. The van der Waals surface area contributed by atoms with Crippen molar-refractivity contribution in [1.82, 2.24) is 9.80 Å². The van der Waals surface area contributed by atoms with Gasteiger partial charge in [-0.05, 0) is 51.6 Å². The first-order valence-corrected chi connectivity index (χ1v) is 13.2. The molecule has 2 rings (SSSR count). The van der Waals surface area contributed by atoms with Crippen molar-refractivity contribution in [3.63, 3.8) is 0 Å². The summed E-state index contributed by atoms with van der Waals surface area (Å²) in [6, 6.07) is 9.50. The van der Waals surface area contributed by atoms with Crippen LogP contribution in [0, 0.1) is 17.2 Å². The largest absolute Gasteiger partial charge is 0.460 e. The number of nitriles is 1. The van der Waals surface area contributed by atoms with Crippen molar-refractivity contribution in [3.8, 4) is 6.07 Å². The van der Waals surface area contributed by atoms with E-state index in [4.69, 9.17) is 4.74 Å². The molecule has 0 aromatic heterocycles. The maximum Gasteiger partial charge on any atom is 0.323 e. The van der Waals surface area contributed by atoms with Crippen molar-refractivity contribution >= 4 is 40.9 Å². The molecule has 2 amide bonds. The first-order chi connectivity index (χ1) is 17.3. The molecule has 0 aliphatic carbocycles. The molecule has 1 aliphatic rings. The van der Waals surface area contributed by atoms with Crippen LogP contribution in [0.3, 0.4) is 0 Å². The number of thioether (sulfide) groups is 1. The fourth-order valence-electron chi connectivity index (χ4n) is 3.99. The van der Waals surface area contributed by atoms with Gasteiger partial charge in [0.1, 0.15) is 12.5 Å². The molecule has 0 saturated carbocycles. The predicted molar refractivity (Wildman–Crippen MR) is 143 cm³/mol. The number of nitrogens with zero attached hydrogens (tertiary/aromatic N) is 3. The summed E-state index contributed by atoms with van der Waals surface area (Å²) < 4.78 is 5.02. The Morgan fingerprint density at radius 2 is 2.11 bits per heavy atom. The number of likely N-dealkylation sites (N-methyl/N-ethyl adjacent to an activating group) is 1. The first-order valence-electron chi connectivity index (χ1n) is 12.3. The molecule has 36 heavy (non-hydrogen) atoms. The average molecular weight is 516 g/mol. The van der Waals surface area contributed by atoms with E-state index in [9.17, 15) is 19.6 Å². The molecule has 0 spiro atoms. The number of rotatable bonds is 15. The van der Waals surface area contributed by atoms with Crippen LogP contribution in [0.15, 0.2) is 36.9 Å². The molecule has 0 radical (unpaired) electrons. The van der Waals surface area contributed by atoms with Crippen LogP contribution >= 0.6 is 11.8 Å². The lowest BCUT2D eigenvalue weighted by Crippen LogP contribution is -2.36. The van der Waals surface area contributed by atoms with Gasteiger partial charge < -0.3 is 20.3 Å². The second-order valence-corrected chi connectivity index (χ2v) is 10.0. The molecular formula is C26H37N5O4S. The molecule has 0 bridgehead atoms. The van der Waals surface area contributed by atoms with Gasteiger partial charge in [0.05, 0.1) is 23.2 Å². The van der Waals surface area contributed by atoms with E-state index < -0.39 is 11.9 Å². The molecular weight excluding hydrogens is 478 g/mol. The van der Waals surface area contributed by atoms with Crippen LogP contribution in [0.1, 0.15) is 33.1 Å². The van der Waals surface area contributed by atoms with Gasteiger partial charge in [-0.1, -0.05) is 25.6 Å². The van der Waals surface area contributed by atoms with Crippen molar-refractivity contribution < 1.29 is 19.1 Å². The molecule has 196 valence electrons. The molecule has 1 heterocycles. The quantitative estimate of drug-likeness (QED) is 0.270. The number of hydrogen-bond donors (Lipinski definition) is 2. The van der Waals surface area contributed by atoms with E-state index in [-0.39, 0.29) is 35.5 Å². The molecule has 10 heteroatoms. The Hall–Kier alpha value is -3.03. The molecule has 1 aromatic rings. The van der Waals surface area contributed by atoms with Crippen LogP contribution in [0.25, 0.3) is 0 Å². The van der Waals surface area contributed by atoms with Gasteiger partial charge in [0.2, 0.25) is 11.8 Å². The number of carbonyl (C=O) groups excluding carboxylic acids is 3. The molecule has 1 aromatic carbocycles. The number of amides is 2. The van der Waals surface area contributed by atoms with Crippen LogP contribution in [-0.4, -0.2) is 78.0 Å². The summed E-state index contributed by atoms with van der Waals surface area (Å²) in [4.78, 5) is 41.0. The molecule has 3 atom stereocenters. The van der Waals surface area contributed by atoms with Crippen molar-refractivity contribution in [2.24, 2.45) is 5.92 Å². The highest BCUT2D eigenvalue weighted by molar-refractivity contribution is 8.01. The Kier molecular flexibility index (Phi) is 12.3. The van der Waals surface area contributed by atoms with Crippen molar-refractivity contribution in [2.45, 2.75) is 43.7 Å². The lowest BCUT2D eigenvalue weighted by molar-refractivity contribution is -0.146. The van der Waals surface area contributed by atoms with E-state index in [0.717, 1.165) is 18.7 Å². The summed E-state index contributed by atoms with van der Waals surface area (Å²) in [6.45, 7) is 9.80.